The zero-order valence-corrected chi connectivity index (χ0v) is 25.9. The molecule has 250 valence electrons. The van der Waals surface area contributed by atoms with Crippen LogP contribution in [0, 0.1) is 12.3 Å². The average molecular weight is 651 g/mol. The Labute approximate surface area is 271 Å². The lowest BCUT2D eigenvalue weighted by molar-refractivity contribution is -0.140. The minimum Gasteiger partial charge on any atom is -0.480 e. The third kappa shape index (κ3) is 9.33. The molecule has 0 aromatic heterocycles. The third-order valence-electron chi connectivity index (χ3n) is 8.18. The molecule has 1 saturated heterocycles. The molecule has 0 atom stereocenters. The third-order valence-corrected chi connectivity index (χ3v) is 8.18. The van der Waals surface area contributed by atoms with Gasteiger partial charge in [0.25, 0.3) is 11.8 Å². The van der Waals surface area contributed by atoms with Gasteiger partial charge in [0.05, 0.1) is 26.2 Å². The van der Waals surface area contributed by atoms with Crippen LogP contribution in [0.1, 0.15) is 26.3 Å². The Morgan fingerprint density at radius 2 is 1.13 bits per heavy atom. The van der Waals surface area contributed by atoms with Crippen molar-refractivity contribution in [1.82, 2.24) is 29.8 Å². The number of nitrogens with zero attached hydrogens (tertiary/aromatic N) is 5. The predicted octanol–water partition coefficient (Wildman–Crippen LogP) is -0.991. The van der Waals surface area contributed by atoms with E-state index in [-0.39, 0.29) is 91.6 Å². The Kier molecular flexibility index (Phi) is 12.0. The summed E-state index contributed by atoms with van der Waals surface area (Å²) in [7, 11) is 0. The second-order valence-electron chi connectivity index (χ2n) is 11.4. The van der Waals surface area contributed by atoms with Gasteiger partial charge in [-0.1, -0.05) is 18.1 Å². The van der Waals surface area contributed by atoms with Gasteiger partial charge >= 0.3 is 17.9 Å². The van der Waals surface area contributed by atoms with E-state index >= 15 is 0 Å². The molecule has 2 aliphatic rings. The summed E-state index contributed by atoms with van der Waals surface area (Å²) in [6.45, 7) is 1.17. The Hall–Kier alpha value is -4.88. The molecule has 0 aliphatic carbocycles. The van der Waals surface area contributed by atoms with Crippen LogP contribution in [0.25, 0.3) is 10.8 Å². The largest absolute Gasteiger partial charge is 0.480 e. The number of carboxylic acids is 3. The second-order valence-corrected chi connectivity index (χ2v) is 11.4. The van der Waals surface area contributed by atoms with E-state index in [9.17, 15) is 44.1 Å². The maximum absolute atomic E-state index is 13.3. The minimum atomic E-state index is -1.05. The number of nitrogens with one attached hydrogen (secondary N) is 1. The van der Waals surface area contributed by atoms with E-state index in [1.165, 1.54) is 0 Å². The van der Waals surface area contributed by atoms with Crippen LogP contribution in [-0.4, -0.2) is 167 Å². The molecule has 1 fully saturated rings. The lowest BCUT2D eigenvalue weighted by Gasteiger charge is -2.33. The lowest BCUT2D eigenvalue weighted by Crippen LogP contribution is -2.50. The topological polar surface area (TPSA) is 191 Å². The highest BCUT2D eigenvalue weighted by atomic mass is 16.4. The fourth-order valence-electron chi connectivity index (χ4n) is 5.83. The van der Waals surface area contributed by atoms with Crippen molar-refractivity contribution in [2.45, 2.75) is 0 Å². The van der Waals surface area contributed by atoms with Crippen molar-refractivity contribution in [2.75, 3.05) is 91.6 Å². The molecule has 2 aromatic rings. The second kappa shape index (κ2) is 16.1. The van der Waals surface area contributed by atoms with Crippen LogP contribution in [0.4, 0.5) is 0 Å². The van der Waals surface area contributed by atoms with Gasteiger partial charge in [0, 0.05) is 87.5 Å². The average Bonchev–Trinajstić information content (AvgIpc) is 3.01. The number of aliphatic carboxylic acids is 3. The summed E-state index contributed by atoms with van der Waals surface area (Å²) >= 11 is 0. The first-order valence-corrected chi connectivity index (χ1v) is 15.2. The molecule has 47 heavy (non-hydrogen) atoms. The van der Waals surface area contributed by atoms with E-state index in [4.69, 9.17) is 6.42 Å². The number of benzene rings is 2. The van der Waals surface area contributed by atoms with Gasteiger partial charge in [-0.25, -0.2) is 0 Å². The molecule has 2 heterocycles. The zero-order valence-electron chi connectivity index (χ0n) is 25.9. The lowest BCUT2D eigenvalue weighted by atomic mass is 9.91. The van der Waals surface area contributed by atoms with E-state index in [1.807, 2.05) is 0 Å². The van der Waals surface area contributed by atoms with E-state index in [2.05, 4.69) is 11.2 Å². The molecule has 0 saturated carbocycles. The predicted molar refractivity (Wildman–Crippen MR) is 169 cm³/mol. The Morgan fingerprint density at radius 1 is 0.681 bits per heavy atom. The Balaban J connectivity index is 1.39. The van der Waals surface area contributed by atoms with Gasteiger partial charge in [-0.15, -0.1) is 6.42 Å². The highest BCUT2D eigenvalue weighted by Crippen LogP contribution is 2.31. The molecule has 0 unspecified atom stereocenters. The van der Waals surface area contributed by atoms with Crippen molar-refractivity contribution < 1.29 is 44.1 Å². The number of imide groups is 1. The zero-order chi connectivity index (χ0) is 34.1. The van der Waals surface area contributed by atoms with Crippen LogP contribution in [-0.2, 0) is 19.2 Å². The monoisotopic (exact) mass is 650 g/mol. The number of carboxylic acid groups (broad SMARTS) is 3. The molecular weight excluding hydrogens is 612 g/mol. The van der Waals surface area contributed by atoms with Crippen LogP contribution in [0.3, 0.4) is 0 Å². The van der Waals surface area contributed by atoms with Gasteiger partial charge < -0.3 is 20.6 Å². The number of hydrogen-bond acceptors (Lipinski definition) is 10. The summed E-state index contributed by atoms with van der Waals surface area (Å²) in [4.78, 5) is 81.8. The van der Waals surface area contributed by atoms with Crippen molar-refractivity contribution in [3.05, 3.63) is 47.0 Å². The van der Waals surface area contributed by atoms with E-state index in [0.717, 1.165) is 4.90 Å². The smallest absolute Gasteiger partial charge is 0.317 e. The molecule has 4 N–H and O–H groups in total. The molecule has 3 amide bonds. The van der Waals surface area contributed by atoms with Gasteiger partial charge in [-0.05, 0) is 23.6 Å². The number of terminal acetylenes is 1. The van der Waals surface area contributed by atoms with Crippen molar-refractivity contribution >= 4 is 46.4 Å². The van der Waals surface area contributed by atoms with Crippen LogP contribution in [0.15, 0.2) is 30.3 Å². The quantitative estimate of drug-likeness (QED) is 0.171. The van der Waals surface area contributed by atoms with Crippen molar-refractivity contribution in [3.8, 4) is 12.3 Å². The first-order chi connectivity index (χ1) is 22.5. The fraction of sp³-hybridized carbons (Fsp3) is 0.438. The summed E-state index contributed by atoms with van der Waals surface area (Å²) in [5.74, 6) is -1.92. The molecule has 0 bridgehead atoms. The number of amides is 3. The number of carbonyl (C=O) groups is 6. The molecule has 15 nitrogen and oxygen atoms in total. The summed E-state index contributed by atoms with van der Waals surface area (Å²) in [6, 6.07) is 8.36. The molecule has 0 radical (unpaired) electrons. The Morgan fingerprint density at radius 3 is 1.57 bits per heavy atom. The number of rotatable bonds is 11. The minimum absolute atomic E-state index is 0.00636. The molecule has 2 aliphatic heterocycles. The van der Waals surface area contributed by atoms with Gasteiger partial charge in [0.1, 0.15) is 0 Å². The summed E-state index contributed by atoms with van der Waals surface area (Å²) in [5.41, 5.74) is 1.27. The standard InChI is InChI=1S/C32H38N6O9/c1-2-22-6-7-25-30-23(22)4-3-5-24(30)31(46)38(32(25)47)9-8-33-26(39)18-34-10-12-35(19-27(40)41)14-16-37(21-29(44)45)17-15-36(13-11-34)20-28(42)43/h1,3-7H,8-21H2,(H,33,39)(H,40,41)(H,42,43)(H,44,45). The summed E-state index contributed by atoms with van der Waals surface area (Å²) < 4.78 is 0. The first kappa shape index (κ1) is 35.0. The van der Waals surface area contributed by atoms with Crippen LogP contribution < -0.4 is 5.32 Å². The van der Waals surface area contributed by atoms with Gasteiger partial charge in [-0.2, -0.15) is 0 Å². The normalized spacial score (nSPS) is 17.5. The SMILES string of the molecule is C#Cc1ccc2c3c(cccc13)C(=O)N(CCNC(=O)CN1CCN(CC(=O)O)CCN(CC(=O)O)CCN(CC(=O)O)CC1)C2=O. The van der Waals surface area contributed by atoms with Crippen molar-refractivity contribution in [2.24, 2.45) is 0 Å². The van der Waals surface area contributed by atoms with E-state index in [1.54, 1.807) is 49.9 Å². The molecule has 15 heteroatoms. The van der Waals surface area contributed by atoms with Gasteiger partial charge in [-0.3, -0.25) is 53.3 Å². The van der Waals surface area contributed by atoms with E-state index in [0.29, 0.717) is 27.5 Å². The van der Waals surface area contributed by atoms with E-state index < -0.39 is 35.6 Å². The molecular formula is C32H38N6O9. The molecule has 4 rings (SSSR count). The summed E-state index contributed by atoms with van der Waals surface area (Å²) in [5, 5.41) is 32.0. The Bertz CT molecular complexity index is 1530. The van der Waals surface area contributed by atoms with Crippen LogP contribution in [0.2, 0.25) is 0 Å². The first-order valence-electron chi connectivity index (χ1n) is 15.2. The number of hydrogen-bond donors (Lipinski definition) is 4. The van der Waals surface area contributed by atoms with Gasteiger partial charge in [0.15, 0.2) is 0 Å². The van der Waals surface area contributed by atoms with Gasteiger partial charge in [0.2, 0.25) is 5.91 Å². The van der Waals surface area contributed by atoms with Crippen LogP contribution in [0.5, 0.6) is 0 Å². The van der Waals surface area contributed by atoms with Crippen molar-refractivity contribution in [1.29, 1.82) is 0 Å². The highest BCUT2D eigenvalue weighted by molar-refractivity contribution is 6.26. The van der Waals surface area contributed by atoms with Crippen molar-refractivity contribution in [3.63, 3.8) is 0 Å². The maximum Gasteiger partial charge on any atom is 0.317 e. The molecule has 0 spiro atoms. The highest BCUT2D eigenvalue weighted by Gasteiger charge is 2.33. The fourth-order valence-corrected chi connectivity index (χ4v) is 5.83. The number of carbonyl (C=O) groups excluding carboxylic acids is 3. The summed E-state index contributed by atoms with van der Waals surface area (Å²) in [6.07, 6.45) is 5.60. The molecule has 2 aromatic carbocycles. The van der Waals surface area contributed by atoms with Crippen LogP contribution >= 0.6 is 0 Å². The maximum atomic E-state index is 13.3.